The molecule has 1 aromatic heterocycles. The molecule has 0 aliphatic carbocycles. The zero-order chi connectivity index (χ0) is 15.3. The molecule has 1 N–H and O–H groups in total. The Morgan fingerprint density at radius 2 is 2.14 bits per heavy atom. The molecule has 0 saturated carbocycles. The summed E-state index contributed by atoms with van der Waals surface area (Å²) in [5.41, 5.74) is 1.24. The highest BCUT2D eigenvalue weighted by Crippen LogP contribution is 2.24. The molecule has 0 atom stereocenters. The number of halogens is 1. The maximum Gasteiger partial charge on any atom is 0.123 e. The highest BCUT2D eigenvalue weighted by Gasteiger charge is 2.11. The van der Waals surface area contributed by atoms with E-state index in [-0.39, 0.29) is 5.54 Å². The van der Waals surface area contributed by atoms with E-state index in [2.05, 4.69) is 53.1 Å². The molecule has 2 rings (SSSR count). The van der Waals surface area contributed by atoms with Crippen LogP contribution in [0.15, 0.2) is 41.4 Å². The molecule has 0 aliphatic rings. The first-order valence-electron chi connectivity index (χ1n) is 7.06. The Balaban J connectivity index is 1.97. The lowest BCUT2D eigenvalue weighted by molar-refractivity contribution is 0.293. The van der Waals surface area contributed by atoms with Gasteiger partial charge in [-0.3, -0.25) is 0 Å². The van der Waals surface area contributed by atoms with E-state index in [9.17, 15) is 0 Å². The minimum absolute atomic E-state index is 0.0798. The number of nitrogens with one attached hydrogen (secondary N) is 1. The Morgan fingerprint density at radius 3 is 2.81 bits per heavy atom. The molecule has 5 heteroatoms. The maximum absolute atomic E-state index is 5.92. The summed E-state index contributed by atoms with van der Waals surface area (Å²) in [5.74, 6) is 0.926. The van der Waals surface area contributed by atoms with Gasteiger partial charge in [0.05, 0.1) is 12.9 Å². The number of aromatic nitrogens is 2. The van der Waals surface area contributed by atoms with Crippen molar-refractivity contribution in [3.8, 4) is 5.75 Å². The number of hydrogen-bond donors (Lipinski definition) is 1. The van der Waals surface area contributed by atoms with Crippen LogP contribution in [-0.4, -0.2) is 21.7 Å². The summed E-state index contributed by atoms with van der Waals surface area (Å²) in [5, 5.41) is 3.49. The first kappa shape index (κ1) is 16.0. The first-order valence-corrected chi connectivity index (χ1v) is 7.85. The molecule has 0 fully saturated rings. The third-order valence-corrected chi connectivity index (χ3v) is 3.49. The van der Waals surface area contributed by atoms with Crippen LogP contribution in [0.3, 0.4) is 0 Å². The summed E-state index contributed by atoms with van der Waals surface area (Å²) in [7, 11) is 0. The van der Waals surface area contributed by atoms with Crippen molar-refractivity contribution in [2.45, 2.75) is 39.4 Å². The van der Waals surface area contributed by atoms with E-state index in [0.717, 1.165) is 28.9 Å². The van der Waals surface area contributed by atoms with Crippen molar-refractivity contribution in [3.05, 3.63) is 47.0 Å². The molecule has 0 aliphatic heterocycles. The van der Waals surface area contributed by atoms with E-state index in [1.165, 1.54) is 0 Å². The molecule has 2 aromatic rings. The van der Waals surface area contributed by atoms with Crippen molar-refractivity contribution in [1.82, 2.24) is 14.9 Å². The van der Waals surface area contributed by atoms with Gasteiger partial charge in [0.2, 0.25) is 0 Å². The monoisotopic (exact) mass is 351 g/mol. The summed E-state index contributed by atoms with van der Waals surface area (Å²) >= 11 is 3.52. The van der Waals surface area contributed by atoms with Crippen molar-refractivity contribution in [2.24, 2.45) is 0 Å². The van der Waals surface area contributed by atoms with Crippen LogP contribution < -0.4 is 10.1 Å². The standard InChI is InChI=1S/C16H22BrN3O/c1-16(2,3)19-11-13-10-14(17)4-5-15(13)21-9-8-20-7-6-18-12-20/h4-7,10,12,19H,8-9,11H2,1-3H3. The molecule has 0 amide bonds. The number of imidazole rings is 1. The SMILES string of the molecule is CC(C)(C)NCc1cc(Br)ccc1OCCn1ccnc1. The number of ether oxygens (including phenoxy) is 1. The Morgan fingerprint density at radius 1 is 1.33 bits per heavy atom. The topological polar surface area (TPSA) is 39.1 Å². The quantitative estimate of drug-likeness (QED) is 0.863. The van der Waals surface area contributed by atoms with Crippen molar-refractivity contribution in [1.29, 1.82) is 0 Å². The van der Waals surface area contributed by atoms with E-state index in [1.54, 1.807) is 12.5 Å². The number of benzene rings is 1. The summed E-state index contributed by atoms with van der Waals surface area (Å²) in [4.78, 5) is 4.02. The van der Waals surface area contributed by atoms with E-state index in [0.29, 0.717) is 6.61 Å². The van der Waals surface area contributed by atoms with E-state index in [1.807, 2.05) is 22.9 Å². The number of hydrogen-bond acceptors (Lipinski definition) is 3. The van der Waals surface area contributed by atoms with Gasteiger partial charge in [-0.2, -0.15) is 0 Å². The Kier molecular flexibility index (Phi) is 5.42. The highest BCUT2D eigenvalue weighted by atomic mass is 79.9. The van der Waals surface area contributed by atoms with Crippen LogP contribution in [0.25, 0.3) is 0 Å². The molecule has 114 valence electrons. The predicted octanol–water partition coefficient (Wildman–Crippen LogP) is 3.61. The molecule has 1 heterocycles. The van der Waals surface area contributed by atoms with Gasteiger partial charge in [0.15, 0.2) is 0 Å². The fourth-order valence-electron chi connectivity index (χ4n) is 1.87. The minimum Gasteiger partial charge on any atom is -0.491 e. The Hall–Kier alpha value is -1.33. The molecule has 0 bridgehead atoms. The average molecular weight is 352 g/mol. The maximum atomic E-state index is 5.92. The van der Waals surface area contributed by atoms with Crippen LogP contribution in [0.4, 0.5) is 0 Å². The number of rotatable bonds is 6. The zero-order valence-electron chi connectivity index (χ0n) is 12.8. The van der Waals surface area contributed by atoms with Crippen molar-refractivity contribution in [3.63, 3.8) is 0 Å². The third kappa shape index (κ3) is 5.52. The molecule has 0 saturated heterocycles. The zero-order valence-corrected chi connectivity index (χ0v) is 14.4. The number of nitrogens with zero attached hydrogens (tertiary/aromatic N) is 2. The normalized spacial score (nSPS) is 11.6. The van der Waals surface area contributed by atoms with Crippen LogP contribution in [-0.2, 0) is 13.1 Å². The Labute approximate surface area is 134 Å². The lowest BCUT2D eigenvalue weighted by atomic mass is 10.1. The van der Waals surface area contributed by atoms with Gasteiger partial charge >= 0.3 is 0 Å². The van der Waals surface area contributed by atoms with Crippen LogP contribution in [0.5, 0.6) is 5.75 Å². The van der Waals surface area contributed by atoms with Gasteiger partial charge < -0.3 is 14.6 Å². The van der Waals surface area contributed by atoms with Crippen molar-refractivity contribution in [2.75, 3.05) is 6.61 Å². The van der Waals surface area contributed by atoms with Crippen LogP contribution >= 0.6 is 15.9 Å². The molecule has 0 unspecified atom stereocenters. The van der Waals surface area contributed by atoms with Gasteiger partial charge in [-0.05, 0) is 39.0 Å². The summed E-state index contributed by atoms with van der Waals surface area (Å²) in [6, 6.07) is 6.12. The third-order valence-electron chi connectivity index (χ3n) is 3.00. The van der Waals surface area contributed by atoms with Crippen molar-refractivity contribution < 1.29 is 4.74 Å². The van der Waals surface area contributed by atoms with Crippen LogP contribution in [0.1, 0.15) is 26.3 Å². The molecule has 4 nitrogen and oxygen atoms in total. The lowest BCUT2D eigenvalue weighted by Crippen LogP contribution is -2.35. The smallest absolute Gasteiger partial charge is 0.123 e. The van der Waals surface area contributed by atoms with Crippen LogP contribution in [0.2, 0.25) is 0 Å². The second kappa shape index (κ2) is 7.09. The van der Waals surface area contributed by atoms with E-state index >= 15 is 0 Å². The summed E-state index contributed by atoms with van der Waals surface area (Å²) in [6.45, 7) is 8.67. The fourth-order valence-corrected chi connectivity index (χ4v) is 2.28. The molecule has 0 radical (unpaired) electrons. The average Bonchev–Trinajstić information content (AvgIpc) is 2.91. The molecular formula is C16H22BrN3O. The largest absolute Gasteiger partial charge is 0.491 e. The van der Waals surface area contributed by atoms with E-state index in [4.69, 9.17) is 4.74 Å². The molecule has 21 heavy (non-hydrogen) atoms. The van der Waals surface area contributed by atoms with Gasteiger partial charge in [0.1, 0.15) is 12.4 Å². The summed E-state index contributed by atoms with van der Waals surface area (Å²) < 4.78 is 8.99. The van der Waals surface area contributed by atoms with Gasteiger partial charge in [-0.15, -0.1) is 0 Å². The van der Waals surface area contributed by atoms with Crippen molar-refractivity contribution >= 4 is 15.9 Å². The van der Waals surface area contributed by atoms with E-state index < -0.39 is 0 Å². The second-order valence-electron chi connectivity index (χ2n) is 6.00. The molecular weight excluding hydrogens is 330 g/mol. The summed E-state index contributed by atoms with van der Waals surface area (Å²) in [6.07, 6.45) is 5.51. The van der Waals surface area contributed by atoms with Gasteiger partial charge in [0, 0.05) is 34.5 Å². The second-order valence-corrected chi connectivity index (χ2v) is 6.92. The predicted molar refractivity (Wildman–Crippen MR) is 88.5 cm³/mol. The molecule has 0 spiro atoms. The molecule has 1 aromatic carbocycles. The fraction of sp³-hybridized carbons (Fsp3) is 0.438. The van der Waals surface area contributed by atoms with Gasteiger partial charge in [0.25, 0.3) is 0 Å². The van der Waals surface area contributed by atoms with Gasteiger partial charge in [-0.1, -0.05) is 15.9 Å². The van der Waals surface area contributed by atoms with Crippen LogP contribution in [0, 0.1) is 0 Å². The first-order chi connectivity index (χ1) is 9.94. The lowest BCUT2D eigenvalue weighted by Gasteiger charge is -2.22. The minimum atomic E-state index is 0.0798. The van der Waals surface area contributed by atoms with Gasteiger partial charge in [-0.25, -0.2) is 4.98 Å². The Bertz CT molecular complexity index is 561. The highest BCUT2D eigenvalue weighted by molar-refractivity contribution is 9.10.